The van der Waals surface area contributed by atoms with Crippen molar-refractivity contribution < 1.29 is 14.6 Å². The molecule has 5 nitrogen and oxygen atoms in total. The molecular formula is C13H18N2O3S. The number of H-pyrrole nitrogens is 1. The van der Waals surface area contributed by atoms with Gasteiger partial charge in [0.1, 0.15) is 4.64 Å². The van der Waals surface area contributed by atoms with E-state index in [1.807, 2.05) is 0 Å². The highest BCUT2D eigenvalue weighted by atomic mass is 32.1. The number of ether oxygens (including phenoxy) is 1. The van der Waals surface area contributed by atoms with Crippen LogP contribution >= 0.6 is 12.2 Å². The second kappa shape index (κ2) is 6.27. The number of aliphatic hydroxyl groups is 1. The Morgan fingerprint density at radius 3 is 3.11 bits per heavy atom. The molecule has 0 spiro atoms. The molecule has 0 bridgehead atoms. The number of aliphatic hydroxyl groups excluding tert-OH is 1. The SMILES string of the molecule is O=C(NCC1(CCO)CCOC1)c1ccc[nH]c1=S. The number of carbonyl (C=O) groups excluding carboxylic acids is 1. The van der Waals surface area contributed by atoms with Crippen molar-refractivity contribution in [1.29, 1.82) is 0 Å². The van der Waals surface area contributed by atoms with Crippen LogP contribution in [0.4, 0.5) is 0 Å². The minimum Gasteiger partial charge on any atom is -0.396 e. The van der Waals surface area contributed by atoms with Gasteiger partial charge < -0.3 is 20.1 Å². The highest BCUT2D eigenvalue weighted by Crippen LogP contribution is 2.31. The Labute approximate surface area is 117 Å². The molecule has 1 atom stereocenters. The molecule has 1 aliphatic rings. The molecule has 1 aromatic heterocycles. The van der Waals surface area contributed by atoms with Crippen LogP contribution in [0.15, 0.2) is 18.3 Å². The topological polar surface area (TPSA) is 74.3 Å². The zero-order valence-electron chi connectivity index (χ0n) is 10.6. The quantitative estimate of drug-likeness (QED) is 0.711. The standard InChI is InChI=1S/C13H18N2O3S/c16-6-3-13(4-7-18-9-13)8-15-11(17)10-2-1-5-14-12(10)19/h1-2,5,16H,3-4,6-9H2,(H,14,19)(H,15,17). The van der Waals surface area contributed by atoms with E-state index < -0.39 is 0 Å². The van der Waals surface area contributed by atoms with Crippen LogP contribution < -0.4 is 5.32 Å². The lowest BCUT2D eigenvalue weighted by Gasteiger charge is -2.26. The predicted molar refractivity (Wildman–Crippen MR) is 73.5 cm³/mol. The van der Waals surface area contributed by atoms with Crippen LogP contribution in [0.5, 0.6) is 0 Å². The third kappa shape index (κ3) is 3.40. The van der Waals surface area contributed by atoms with Gasteiger partial charge in [-0.25, -0.2) is 0 Å². The van der Waals surface area contributed by atoms with Gasteiger partial charge in [-0.2, -0.15) is 0 Å². The highest BCUT2D eigenvalue weighted by molar-refractivity contribution is 7.71. The molecule has 2 rings (SSSR count). The summed E-state index contributed by atoms with van der Waals surface area (Å²) < 4.78 is 5.82. The van der Waals surface area contributed by atoms with Crippen molar-refractivity contribution >= 4 is 18.1 Å². The molecule has 19 heavy (non-hydrogen) atoms. The first-order chi connectivity index (χ1) is 9.17. The van der Waals surface area contributed by atoms with Gasteiger partial charge in [-0.1, -0.05) is 12.2 Å². The Hall–Kier alpha value is -1.24. The summed E-state index contributed by atoms with van der Waals surface area (Å²) in [5.41, 5.74) is 0.320. The van der Waals surface area contributed by atoms with Gasteiger partial charge in [-0.3, -0.25) is 4.79 Å². The number of carbonyl (C=O) groups is 1. The predicted octanol–water partition coefficient (Wildman–Crippen LogP) is 1.26. The number of pyridine rings is 1. The maximum Gasteiger partial charge on any atom is 0.254 e. The Morgan fingerprint density at radius 2 is 2.47 bits per heavy atom. The zero-order chi connectivity index (χ0) is 13.7. The third-order valence-electron chi connectivity index (χ3n) is 3.51. The van der Waals surface area contributed by atoms with E-state index in [2.05, 4.69) is 10.3 Å². The second-order valence-corrected chi connectivity index (χ2v) is 5.28. The van der Waals surface area contributed by atoms with Crippen LogP contribution in [0.25, 0.3) is 0 Å². The van der Waals surface area contributed by atoms with Gasteiger partial charge in [0.2, 0.25) is 0 Å². The van der Waals surface area contributed by atoms with Crippen molar-refractivity contribution in [3.63, 3.8) is 0 Å². The van der Waals surface area contributed by atoms with E-state index in [9.17, 15) is 4.79 Å². The summed E-state index contributed by atoms with van der Waals surface area (Å²) in [6, 6.07) is 3.44. The van der Waals surface area contributed by atoms with Crippen LogP contribution in [0, 0.1) is 10.1 Å². The van der Waals surface area contributed by atoms with Gasteiger partial charge in [0.25, 0.3) is 5.91 Å². The minimum absolute atomic E-state index is 0.102. The van der Waals surface area contributed by atoms with Crippen molar-refractivity contribution in [3.05, 3.63) is 28.5 Å². The molecule has 1 unspecified atom stereocenters. The molecule has 0 saturated carbocycles. The first kappa shape index (κ1) is 14.2. The van der Waals surface area contributed by atoms with E-state index in [0.29, 0.717) is 36.4 Å². The minimum atomic E-state index is -0.189. The number of nitrogens with one attached hydrogen (secondary N) is 2. The first-order valence-electron chi connectivity index (χ1n) is 6.31. The number of rotatable bonds is 5. The second-order valence-electron chi connectivity index (χ2n) is 4.87. The summed E-state index contributed by atoms with van der Waals surface area (Å²) in [7, 11) is 0. The molecule has 6 heteroatoms. The zero-order valence-corrected chi connectivity index (χ0v) is 11.5. The molecule has 1 saturated heterocycles. The largest absolute Gasteiger partial charge is 0.396 e. The van der Waals surface area contributed by atoms with Crippen molar-refractivity contribution in [2.45, 2.75) is 12.8 Å². The van der Waals surface area contributed by atoms with Crippen LogP contribution in [0.2, 0.25) is 0 Å². The van der Waals surface area contributed by atoms with Gasteiger partial charge in [0.15, 0.2) is 0 Å². The van der Waals surface area contributed by atoms with Crippen molar-refractivity contribution in [1.82, 2.24) is 10.3 Å². The lowest BCUT2D eigenvalue weighted by atomic mass is 9.84. The molecule has 3 N–H and O–H groups in total. The summed E-state index contributed by atoms with van der Waals surface area (Å²) in [5, 5.41) is 12.0. The average molecular weight is 282 g/mol. The fraction of sp³-hybridized carbons (Fsp3) is 0.538. The maximum atomic E-state index is 12.1. The number of aromatic nitrogens is 1. The summed E-state index contributed by atoms with van der Waals surface area (Å²) in [4.78, 5) is 14.9. The number of aromatic amines is 1. The van der Waals surface area contributed by atoms with Crippen LogP contribution in [-0.4, -0.2) is 42.4 Å². The first-order valence-corrected chi connectivity index (χ1v) is 6.72. The monoisotopic (exact) mass is 282 g/mol. The number of amides is 1. The van der Waals surface area contributed by atoms with Gasteiger partial charge >= 0.3 is 0 Å². The fourth-order valence-corrected chi connectivity index (χ4v) is 2.50. The Kier molecular flexibility index (Phi) is 4.68. The van der Waals surface area contributed by atoms with Crippen molar-refractivity contribution in [3.8, 4) is 0 Å². The maximum absolute atomic E-state index is 12.1. The molecule has 0 aliphatic carbocycles. The molecule has 0 radical (unpaired) electrons. The highest BCUT2D eigenvalue weighted by Gasteiger charge is 2.34. The van der Waals surface area contributed by atoms with Crippen molar-refractivity contribution in [2.75, 3.05) is 26.4 Å². The molecular weight excluding hydrogens is 264 g/mol. The molecule has 1 aromatic rings. The number of hydrogen-bond donors (Lipinski definition) is 3. The summed E-state index contributed by atoms with van der Waals surface area (Å²) in [6.45, 7) is 1.86. The van der Waals surface area contributed by atoms with Crippen molar-refractivity contribution in [2.24, 2.45) is 5.41 Å². The van der Waals surface area contributed by atoms with Gasteiger partial charge in [0, 0.05) is 31.4 Å². The van der Waals surface area contributed by atoms with E-state index in [4.69, 9.17) is 22.1 Å². The van der Waals surface area contributed by atoms with Crippen LogP contribution in [0.1, 0.15) is 23.2 Å². The Morgan fingerprint density at radius 1 is 1.63 bits per heavy atom. The van der Waals surface area contributed by atoms with E-state index in [1.54, 1.807) is 18.3 Å². The summed E-state index contributed by atoms with van der Waals surface area (Å²) in [5.74, 6) is -0.189. The number of hydrogen-bond acceptors (Lipinski definition) is 4. The van der Waals surface area contributed by atoms with E-state index in [1.165, 1.54) is 0 Å². The third-order valence-corrected chi connectivity index (χ3v) is 3.85. The van der Waals surface area contributed by atoms with Crippen LogP contribution in [-0.2, 0) is 4.74 Å². The molecule has 2 heterocycles. The Balaban J connectivity index is 2.00. The average Bonchev–Trinajstić information content (AvgIpc) is 2.86. The molecule has 0 aromatic carbocycles. The summed E-state index contributed by atoms with van der Waals surface area (Å²) >= 11 is 5.08. The van der Waals surface area contributed by atoms with Gasteiger partial charge in [-0.15, -0.1) is 0 Å². The molecule has 1 fully saturated rings. The Bertz CT molecular complexity index is 495. The van der Waals surface area contributed by atoms with E-state index in [-0.39, 0.29) is 17.9 Å². The molecule has 1 amide bonds. The lowest BCUT2D eigenvalue weighted by molar-refractivity contribution is 0.0888. The van der Waals surface area contributed by atoms with E-state index in [0.717, 1.165) is 6.42 Å². The fourth-order valence-electron chi connectivity index (χ4n) is 2.28. The van der Waals surface area contributed by atoms with Gasteiger partial charge in [-0.05, 0) is 25.0 Å². The van der Waals surface area contributed by atoms with Crippen LogP contribution in [0.3, 0.4) is 0 Å². The molecule has 1 aliphatic heterocycles. The molecule has 104 valence electrons. The lowest BCUT2D eigenvalue weighted by Crippen LogP contribution is -2.38. The normalized spacial score (nSPS) is 22.4. The summed E-state index contributed by atoms with van der Waals surface area (Å²) in [6.07, 6.45) is 3.18. The smallest absolute Gasteiger partial charge is 0.254 e. The van der Waals surface area contributed by atoms with E-state index >= 15 is 0 Å². The van der Waals surface area contributed by atoms with Gasteiger partial charge in [0.05, 0.1) is 12.2 Å².